The van der Waals surface area contributed by atoms with Gasteiger partial charge in [-0.3, -0.25) is 4.98 Å². The molecule has 1 fully saturated rings. The number of pyridine rings is 1. The summed E-state index contributed by atoms with van der Waals surface area (Å²) in [6.07, 6.45) is 7.08. The first-order valence-electron chi connectivity index (χ1n) is 6.43. The monoisotopic (exact) mass is 226 g/mol. The third kappa shape index (κ3) is 2.18. The molecule has 0 amide bonds. The summed E-state index contributed by atoms with van der Waals surface area (Å²) in [5, 5.41) is 1.19. The van der Waals surface area contributed by atoms with Crippen molar-refractivity contribution in [1.29, 1.82) is 0 Å². The van der Waals surface area contributed by atoms with E-state index >= 15 is 0 Å². The average Bonchev–Trinajstić information content (AvgIpc) is 2.33. The Morgan fingerprint density at radius 2 is 2.18 bits per heavy atom. The topological polar surface area (TPSA) is 38.9 Å². The Bertz CT molecular complexity index is 517. The number of aromatic nitrogens is 1. The minimum Gasteiger partial charge on any atom is -0.324 e. The summed E-state index contributed by atoms with van der Waals surface area (Å²) in [5.74, 6) is 0.856. The lowest BCUT2D eigenvalue weighted by Gasteiger charge is -2.28. The Morgan fingerprint density at radius 1 is 1.29 bits per heavy atom. The maximum absolute atomic E-state index is 6.28. The molecule has 0 spiro atoms. The van der Waals surface area contributed by atoms with Crippen molar-refractivity contribution < 1.29 is 0 Å². The molecule has 1 aliphatic carbocycles. The summed E-state index contributed by atoms with van der Waals surface area (Å²) in [7, 11) is 0. The van der Waals surface area contributed by atoms with Gasteiger partial charge in [-0.1, -0.05) is 31.4 Å². The van der Waals surface area contributed by atoms with Crippen LogP contribution in [0.1, 0.15) is 37.3 Å². The van der Waals surface area contributed by atoms with E-state index in [0.29, 0.717) is 0 Å². The van der Waals surface area contributed by atoms with Gasteiger partial charge in [0, 0.05) is 17.6 Å². The normalized spacial score (nSPS) is 17.9. The van der Waals surface area contributed by atoms with Gasteiger partial charge in [0.25, 0.3) is 0 Å². The zero-order chi connectivity index (χ0) is 11.7. The largest absolute Gasteiger partial charge is 0.324 e. The lowest BCUT2D eigenvalue weighted by molar-refractivity contribution is 0.277. The molecule has 3 rings (SSSR count). The Hall–Kier alpha value is -1.41. The zero-order valence-corrected chi connectivity index (χ0v) is 9.97. The molecule has 0 aliphatic heterocycles. The molecule has 2 nitrogen and oxygen atoms in total. The summed E-state index contributed by atoms with van der Waals surface area (Å²) in [5.41, 5.74) is 8.57. The van der Waals surface area contributed by atoms with Crippen LogP contribution < -0.4 is 5.73 Å². The van der Waals surface area contributed by atoms with Gasteiger partial charge in [0.2, 0.25) is 0 Å². The van der Waals surface area contributed by atoms with Crippen LogP contribution in [0.4, 0.5) is 0 Å². The number of hydrogen-bond donors (Lipinski definition) is 1. The van der Waals surface area contributed by atoms with Gasteiger partial charge in [0.05, 0.1) is 5.52 Å². The van der Waals surface area contributed by atoms with E-state index in [9.17, 15) is 0 Å². The van der Waals surface area contributed by atoms with Crippen molar-refractivity contribution in [1.82, 2.24) is 4.98 Å². The van der Waals surface area contributed by atoms with E-state index in [-0.39, 0.29) is 6.04 Å². The molecule has 1 aromatic heterocycles. The van der Waals surface area contributed by atoms with Gasteiger partial charge in [-0.15, -0.1) is 0 Å². The van der Waals surface area contributed by atoms with Crippen LogP contribution in [0.3, 0.4) is 0 Å². The van der Waals surface area contributed by atoms with E-state index < -0.39 is 0 Å². The average molecular weight is 226 g/mol. The summed E-state index contributed by atoms with van der Waals surface area (Å²) in [6, 6.07) is 10.6. The Kier molecular flexibility index (Phi) is 2.81. The van der Waals surface area contributed by atoms with Gasteiger partial charge in [0.15, 0.2) is 0 Å². The minimum absolute atomic E-state index is 0.185. The van der Waals surface area contributed by atoms with Crippen LogP contribution in [-0.2, 0) is 0 Å². The predicted molar refractivity (Wildman–Crippen MR) is 70.6 cm³/mol. The van der Waals surface area contributed by atoms with E-state index in [1.807, 2.05) is 12.3 Å². The third-order valence-corrected chi connectivity index (χ3v) is 3.87. The molecule has 1 aromatic carbocycles. The fourth-order valence-electron chi connectivity index (χ4n) is 2.55. The standard InChI is InChI=1S/C15H18N2/c16-14(9-11-3-1-4-11)12-6-7-15-13(10-12)5-2-8-17-15/h2,5-8,10-11,14H,1,3-4,9,16H2. The number of benzene rings is 1. The molecule has 1 unspecified atom stereocenters. The first kappa shape index (κ1) is 10.7. The molecular formula is C15H18N2. The highest BCUT2D eigenvalue weighted by molar-refractivity contribution is 5.79. The molecule has 2 aromatic rings. The Labute approximate surface area is 102 Å². The number of nitrogens with zero attached hydrogens (tertiary/aromatic N) is 1. The minimum atomic E-state index is 0.185. The van der Waals surface area contributed by atoms with Crippen molar-refractivity contribution in [3.63, 3.8) is 0 Å². The van der Waals surface area contributed by atoms with Gasteiger partial charge in [-0.2, -0.15) is 0 Å². The highest BCUT2D eigenvalue weighted by atomic mass is 14.7. The molecule has 17 heavy (non-hydrogen) atoms. The molecule has 2 heteroatoms. The number of rotatable bonds is 3. The molecule has 2 N–H and O–H groups in total. The van der Waals surface area contributed by atoms with Crippen molar-refractivity contribution in [2.24, 2.45) is 11.7 Å². The fraction of sp³-hybridized carbons (Fsp3) is 0.400. The summed E-state index contributed by atoms with van der Waals surface area (Å²) in [4.78, 5) is 4.33. The second kappa shape index (κ2) is 4.46. The zero-order valence-electron chi connectivity index (χ0n) is 9.97. The van der Waals surface area contributed by atoms with Crippen molar-refractivity contribution in [3.8, 4) is 0 Å². The maximum atomic E-state index is 6.28. The number of fused-ring (bicyclic) bond motifs is 1. The van der Waals surface area contributed by atoms with E-state index in [1.54, 1.807) is 0 Å². The molecule has 1 atom stereocenters. The fourth-order valence-corrected chi connectivity index (χ4v) is 2.55. The van der Waals surface area contributed by atoms with Crippen LogP contribution in [-0.4, -0.2) is 4.98 Å². The summed E-state index contributed by atoms with van der Waals surface area (Å²) >= 11 is 0. The van der Waals surface area contributed by atoms with Gasteiger partial charge in [-0.25, -0.2) is 0 Å². The number of hydrogen-bond acceptors (Lipinski definition) is 2. The highest BCUT2D eigenvalue weighted by Gasteiger charge is 2.20. The summed E-state index contributed by atoms with van der Waals surface area (Å²) in [6.45, 7) is 0. The van der Waals surface area contributed by atoms with Crippen LogP contribution in [0.15, 0.2) is 36.5 Å². The van der Waals surface area contributed by atoms with E-state index in [1.165, 1.54) is 30.2 Å². The molecule has 0 bridgehead atoms. The highest BCUT2D eigenvalue weighted by Crippen LogP contribution is 2.34. The van der Waals surface area contributed by atoms with Crippen molar-refractivity contribution in [2.75, 3.05) is 0 Å². The Balaban J connectivity index is 1.83. The molecule has 1 heterocycles. The van der Waals surface area contributed by atoms with Gasteiger partial charge in [0.1, 0.15) is 0 Å². The van der Waals surface area contributed by atoms with Gasteiger partial charge in [-0.05, 0) is 36.1 Å². The SMILES string of the molecule is NC(CC1CCC1)c1ccc2ncccc2c1. The smallest absolute Gasteiger partial charge is 0.0702 e. The second-order valence-electron chi connectivity index (χ2n) is 5.09. The van der Waals surface area contributed by atoms with Crippen LogP contribution >= 0.6 is 0 Å². The molecule has 0 saturated heterocycles. The maximum Gasteiger partial charge on any atom is 0.0702 e. The molecule has 1 aliphatic rings. The molecule has 0 radical (unpaired) electrons. The second-order valence-corrected chi connectivity index (χ2v) is 5.09. The van der Waals surface area contributed by atoms with Crippen LogP contribution in [0.5, 0.6) is 0 Å². The molecule has 88 valence electrons. The number of nitrogens with two attached hydrogens (primary N) is 1. The van der Waals surface area contributed by atoms with E-state index in [2.05, 4.69) is 29.2 Å². The Morgan fingerprint density at radius 3 is 2.94 bits per heavy atom. The lowest BCUT2D eigenvalue weighted by Crippen LogP contribution is -2.20. The van der Waals surface area contributed by atoms with Crippen LogP contribution in [0, 0.1) is 5.92 Å². The van der Waals surface area contributed by atoms with Crippen molar-refractivity contribution in [3.05, 3.63) is 42.1 Å². The first-order valence-corrected chi connectivity index (χ1v) is 6.43. The predicted octanol–water partition coefficient (Wildman–Crippen LogP) is 3.42. The third-order valence-electron chi connectivity index (χ3n) is 3.87. The quantitative estimate of drug-likeness (QED) is 0.870. The van der Waals surface area contributed by atoms with Crippen LogP contribution in [0.25, 0.3) is 10.9 Å². The first-order chi connectivity index (χ1) is 8.33. The van der Waals surface area contributed by atoms with Crippen LogP contribution in [0.2, 0.25) is 0 Å². The summed E-state index contributed by atoms with van der Waals surface area (Å²) < 4.78 is 0. The van der Waals surface area contributed by atoms with Crippen molar-refractivity contribution >= 4 is 10.9 Å². The van der Waals surface area contributed by atoms with E-state index in [0.717, 1.165) is 17.9 Å². The van der Waals surface area contributed by atoms with E-state index in [4.69, 9.17) is 5.73 Å². The van der Waals surface area contributed by atoms with Gasteiger partial charge < -0.3 is 5.73 Å². The lowest BCUT2D eigenvalue weighted by atomic mass is 9.80. The molecular weight excluding hydrogens is 208 g/mol. The molecule has 1 saturated carbocycles. The van der Waals surface area contributed by atoms with Gasteiger partial charge >= 0.3 is 0 Å². The van der Waals surface area contributed by atoms with Crippen molar-refractivity contribution in [2.45, 2.75) is 31.7 Å².